The lowest BCUT2D eigenvalue weighted by Crippen LogP contribution is -2.21. The Kier molecular flexibility index (Phi) is 5.29. The third kappa shape index (κ3) is 4.91. The molecule has 1 unspecified atom stereocenters. The molecular weight excluding hydrogens is 206 g/mol. The van der Waals surface area contributed by atoms with Crippen molar-refractivity contribution >= 4 is 16.4 Å². The second kappa shape index (κ2) is 6.53. The molecule has 0 spiro atoms. The summed E-state index contributed by atoms with van der Waals surface area (Å²) in [6, 6.07) is 10.1. The smallest absolute Gasteiger partial charge is 0.0357 e. The van der Waals surface area contributed by atoms with Crippen LogP contribution in [0.15, 0.2) is 36.9 Å². The molecule has 1 aromatic rings. The summed E-state index contributed by atoms with van der Waals surface area (Å²) in [5, 5.41) is 3.22. The average Bonchev–Trinajstić information content (AvgIpc) is 2.25. The van der Waals surface area contributed by atoms with Gasteiger partial charge in [0.05, 0.1) is 0 Å². The van der Waals surface area contributed by atoms with Gasteiger partial charge in [0.2, 0.25) is 0 Å². The third-order valence-electron chi connectivity index (χ3n) is 2.09. The van der Waals surface area contributed by atoms with Gasteiger partial charge in [-0.15, -0.1) is 0 Å². The summed E-state index contributed by atoms with van der Waals surface area (Å²) < 4.78 is 10.8. The first-order chi connectivity index (χ1) is 7.20. The van der Waals surface area contributed by atoms with Crippen LogP contribution in [0.5, 0.6) is 0 Å². The van der Waals surface area contributed by atoms with E-state index in [0.717, 1.165) is 24.2 Å². The van der Waals surface area contributed by atoms with E-state index in [0.29, 0.717) is 5.75 Å². The first kappa shape index (κ1) is 12.1. The molecule has 3 heteroatoms. The van der Waals surface area contributed by atoms with Crippen molar-refractivity contribution in [1.82, 2.24) is 5.32 Å². The molecule has 0 amide bonds. The van der Waals surface area contributed by atoms with Crippen LogP contribution in [0.3, 0.4) is 0 Å². The van der Waals surface area contributed by atoms with Gasteiger partial charge in [0.15, 0.2) is 0 Å². The van der Waals surface area contributed by atoms with Crippen LogP contribution < -0.4 is 5.32 Å². The summed E-state index contributed by atoms with van der Waals surface area (Å²) in [7, 11) is -0.717. The van der Waals surface area contributed by atoms with Crippen LogP contribution in [0.2, 0.25) is 0 Å². The molecule has 15 heavy (non-hydrogen) atoms. The third-order valence-corrected chi connectivity index (χ3v) is 2.87. The van der Waals surface area contributed by atoms with E-state index in [1.54, 1.807) is 6.26 Å². The highest BCUT2D eigenvalue weighted by atomic mass is 32.2. The molecular formula is C12H17NOS. The van der Waals surface area contributed by atoms with Gasteiger partial charge in [-0.2, -0.15) is 0 Å². The molecule has 0 aliphatic rings. The molecule has 0 heterocycles. The predicted molar refractivity (Wildman–Crippen MR) is 67.3 cm³/mol. The van der Waals surface area contributed by atoms with Crippen LogP contribution in [0, 0.1) is 0 Å². The number of rotatable bonds is 6. The highest BCUT2D eigenvalue weighted by molar-refractivity contribution is 7.84. The highest BCUT2D eigenvalue weighted by Crippen LogP contribution is 2.09. The lowest BCUT2D eigenvalue weighted by atomic mass is 10.1. The minimum atomic E-state index is -0.717. The quantitative estimate of drug-likeness (QED) is 0.743. The minimum absolute atomic E-state index is 0.696. The lowest BCUT2D eigenvalue weighted by Gasteiger charge is -2.06. The molecule has 0 aromatic heterocycles. The first-order valence-corrected chi connectivity index (χ1v) is 6.67. The monoisotopic (exact) mass is 223 g/mol. The minimum Gasteiger partial charge on any atom is -0.312 e. The predicted octanol–water partition coefficient (Wildman–Crippen LogP) is 1.67. The molecule has 1 N–H and O–H groups in total. The van der Waals surface area contributed by atoms with E-state index >= 15 is 0 Å². The van der Waals surface area contributed by atoms with Crippen molar-refractivity contribution in [2.24, 2.45) is 0 Å². The molecule has 2 nitrogen and oxygen atoms in total. The Labute approximate surface area is 93.9 Å². The molecule has 0 fully saturated rings. The van der Waals surface area contributed by atoms with Gasteiger partial charge >= 0.3 is 0 Å². The number of hydrogen-bond acceptors (Lipinski definition) is 2. The summed E-state index contributed by atoms with van der Waals surface area (Å²) in [4.78, 5) is 0. The summed E-state index contributed by atoms with van der Waals surface area (Å²) in [6.07, 6.45) is 1.72. The lowest BCUT2D eigenvalue weighted by molar-refractivity contribution is 0.682. The molecule has 0 saturated carbocycles. The van der Waals surface area contributed by atoms with E-state index in [9.17, 15) is 4.21 Å². The summed E-state index contributed by atoms with van der Waals surface area (Å²) in [6.45, 7) is 5.53. The van der Waals surface area contributed by atoms with Gasteiger partial charge in [-0.05, 0) is 11.1 Å². The Morgan fingerprint density at radius 2 is 2.07 bits per heavy atom. The maximum absolute atomic E-state index is 10.8. The van der Waals surface area contributed by atoms with Crippen molar-refractivity contribution in [3.05, 3.63) is 42.5 Å². The highest BCUT2D eigenvalue weighted by Gasteiger charge is 1.97. The SMILES string of the molecule is C=C(CNCCS(C)=O)c1ccccc1. The summed E-state index contributed by atoms with van der Waals surface area (Å²) in [5.41, 5.74) is 2.22. The Bertz CT molecular complexity index is 335. The Balaban J connectivity index is 2.28. The maximum atomic E-state index is 10.8. The van der Waals surface area contributed by atoms with Crippen molar-refractivity contribution in [1.29, 1.82) is 0 Å². The zero-order chi connectivity index (χ0) is 11.1. The van der Waals surface area contributed by atoms with Gasteiger partial charge < -0.3 is 5.32 Å². The van der Waals surface area contributed by atoms with E-state index < -0.39 is 10.8 Å². The Hall–Kier alpha value is -0.930. The van der Waals surface area contributed by atoms with Crippen LogP contribution in [0.1, 0.15) is 5.56 Å². The fraction of sp³-hybridized carbons (Fsp3) is 0.333. The van der Waals surface area contributed by atoms with Gasteiger partial charge in [-0.1, -0.05) is 36.9 Å². The molecule has 1 atom stereocenters. The molecule has 1 aromatic carbocycles. The fourth-order valence-electron chi connectivity index (χ4n) is 1.23. The zero-order valence-electron chi connectivity index (χ0n) is 9.03. The van der Waals surface area contributed by atoms with Crippen molar-refractivity contribution in [2.75, 3.05) is 25.1 Å². The number of nitrogens with one attached hydrogen (secondary N) is 1. The topological polar surface area (TPSA) is 29.1 Å². The standard InChI is InChI=1S/C12H17NOS/c1-11(10-13-8-9-15(2)14)12-6-4-3-5-7-12/h3-7,13H,1,8-10H2,2H3. The van der Waals surface area contributed by atoms with Crippen molar-refractivity contribution in [3.8, 4) is 0 Å². The van der Waals surface area contributed by atoms with Gasteiger partial charge in [0.1, 0.15) is 0 Å². The van der Waals surface area contributed by atoms with Gasteiger partial charge in [0.25, 0.3) is 0 Å². The van der Waals surface area contributed by atoms with Crippen LogP contribution >= 0.6 is 0 Å². The van der Waals surface area contributed by atoms with Crippen molar-refractivity contribution < 1.29 is 4.21 Å². The molecule has 0 bridgehead atoms. The van der Waals surface area contributed by atoms with Gasteiger partial charge in [-0.25, -0.2) is 0 Å². The fourth-order valence-corrected chi connectivity index (χ4v) is 1.66. The molecule has 0 aliphatic heterocycles. The van der Waals surface area contributed by atoms with E-state index in [2.05, 4.69) is 11.9 Å². The normalized spacial score (nSPS) is 12.3. The largest absolute Gasteiger partial charge is 0.312 e. The van der Waals surface area contributed by atoms with Crippen LogP contribution in [-0.4, -0.2) is 29.3 Å². The summed E-state index contributed by atoms with van der Waals surface area (Å²) >= 11 is 0. The zero-order valence-corrected chi connectivity index (χ0v) is 9.85. The maximum Gasteiger partial charge on any atom is 0.0357 e. The van der Waals surface area contributed by atoms with E-state index in [1.165, 1.54) is 0 Å². The molecule has 0 radical (unpaired) electrons. The molecule has 82 valence electrons. The average molecular weight is 223 g/mol. The molecule has 0 saturated heterocycles. The molecule has 0 aliphatic carbocycles. The Morgan fingerprint density at radius 3 is 2.67 bits per heavy atom. The first-order valence-electron chi connectivity index (χ1n) is 4.94. The second-order valence-electron chi connectivity index (χ2n) is 3.42. The van der Waals surface area contributed by atoms with Crippen LogP contribution in [0.25, 0.3) is 5.57 Å². The number of hydrogen-bond donors (Lipinski definition) is 1. The van der Waals surface area contributed by atoms with Crippen LogP contribution in [-0.2, 0) is 10.8 Å². The summed E-state index contributed by atoms with van der Waals surface area (Å²) in [5.74, 6) is 0.696. The molecule has 1 rings (SSSR count). The van der Waals surface area contributed by atoms with E-state index in [4.69, 9.17) is 0 Å². The van der Waals surface area contributed by atoms with Crippen LogP contribution in [0.4, 0.5) is 0 Å². The van der Waals surface area contributed by atoms with Crippen molar-refractivity contribution in [3.63, 3.8) is 0 Å². The number of benzene rings is 1. The van der Waals surface area contributed by atoms with Crippen molar-refractivity contribution in [2.45, 2.75) is 0 Å². The van der Waals surface area contributed by atoms with E-state index in [1.807, 2.05) is 30.3 Å². The Morgan fingerprint density at radius 1 is 1.40 bits per heavy atom. The van der Waals surface area contributed by atoms with Gasteiger partial charge in [-0.3, -0.25) is 4.21 Å². The second-order valence-corrected chi connectivity index (χ2v) is 4.98. The van der Waals surface area contributed by atoms with E-state index in [-0.39, 0.29) is 0 Å². The van der Waals surface area contributed by atoms with Gasteiger partial charge in [0, 0.05) is 35.9 Å².